The molecule has 5 rings (SSSR count). The number of carbonyl (C=O) groups is 1. The molecule has 9 heteroatoms. The largest absolute Gasteiger partial charge is 0.461 e. The Morgan fingerprint density at radius 1 is 1.09 bits per heavy atom. The Labute approximate surface area is 194 Å². The van der Waals surface area contributed by atoms with Crippen molar-refractivity contribution in [3.63, 3.8) is 0 Å². The number of hydrogen-bond acceptors (Lipinski definition) is 7. The molecule has 0 saturated carbocycles. The van der Waals surface area contributed by atoms with Crippen LogP contribution in [-0.4, -0.2) is 52.0 Å². The monoisotopic (exact) mass is 466 g/mol. The number of carbonyl (C=O) groups excluding carboxylic acids is 1. The second kappa shape index (κ2) is 9.68. The number of piperazine rings is 1. The number of hydrogen-bond donors (Lipinski definition) is 0. The zero-order valence-corrected chi connectivity index (χ0v) is 18.8. The molecule has 1 aromatic carbocycles. The van der Waals surface area contributed by atoms with Crippen molar-refractivity contribution in [3.05, 3.63) is 71.4 Å². The van der Waals surface area contributed by atoms with E-state index in [-0.39, 0.29) is 11.7 Å². The Morgan fingerprint density at radius 2 is 1.97 bits per heavy atom. The van der Waals surface area contributed by atoms with Gasteiger partial charge in [-0.3, -0.25) is 9.69 Å². The van der Waals surface area contributed by atoms with Gasteiger partial charge in [0.15, 0.2) is 5.76 Å². The number of nitrogens with zero attached hydrogens (tertiary/aromatic N) is 4. The van der Waals surface area contributed by atoms with Gasteiger partial charge in [-0.25, -0.2) is 4.39 Å². The Kier molecular flexibility index (Phi) is 6.32. The van der Waals surface area contributed by atoms with E-state index in [2.05, 4.69) is 21.1 Å². The summed E-state index contributed by atoms with van der Waals surface area (Å²) < 4.78 is 24.0. The van der Waals surface area contributed by atoms with Crippen LogP contribution < -0.4 is 0 Å². The summed E-state index contributed by atoms with van der Waals surface area (Å²) in [6.07, 6.45) is 2.29. The summed E-state index contributed by atoms with van der Waals surface area (Å²) in [5, 5.41) is 3.90. The summed E-state index contributed by atoms with van der Waals surface area (Å²) in [5.41, 5.74) is 0.902. The van der Waals surface area contributed by atoms with Gasteiger partial charge in [-0.05, 0) is 42.0 Å². The Hall–Kier alpha value is -3.30. The van der Waals surface area contributed by atoms with Gasteiger partial charge in [-0.2, -0.15) is 4.98 Å². The second-order valence-corrected chi connectivity index (χ2v) is 9.09. The molecule has 3 aromatic heterocycles. The lowest BCUT2D eigenvalue weighted by atomic mass is 10.2. The van der Waals surface area contributed by atoms with E-state index >= 15 is 0 Å². The van der Waals surface area contributed by atoms with Gasteiger partial charge in [0.25, 0.3) is 0 Å². The fraction of sp³-hybridized carbons (Fsp3) is 0.292. The molecular formula is C24H23FN4O3S. The number of amides is 1. The number of benzene rings is 1. The van der Waals surface area contributed by atoms with Crippen LogP contribution in [0.1, 0.15) is 17.2 Å². The average molecular weight is 467 g/mol. The summed E-state index contributed by atoms with van der Waals surface area (Å²) in [6, 6.07) is 14.3. The van der Waals surface area contributed by atoms with Crippen molar-refractivity contribution in [2.24, 2.45) is 0 Å². The first-order chi connectivity index (χ1) is 16.1. The number of halogens is 1. The van der Waals surface area contributed by atoms with Crippen LogP contribution in [0, 0.1) is 5.82 Å². The molecule has 33 heavy (non-hydrogen) atoms. The van der Waals surface area contributed by atoms with Crippen LogP contribution in [0.3, 0.4) is 0 Å². The number of aromatic nitrogens is 2. The number of furan rings is 1. The van der Waals surface area contributed by atoms with Crippen molar-refractivity contribution in [3.8, 4) is 22.0 Å². The number of rotatable bonds is 7. The first-order valence-electron chi connectivity index (χ1n) is 10.9. The predicted molar refractivity (Wildman–Crippen MR) is 122 cm³/mol. The van der Waals surface area contributed by atoms with E-state index in [0.717, 1.165) is 30.1 Å². The van der Waals surface area contributed by atoms with Crippen molar-refractivity contribution in [2.45, 2.75) is 19.4 Å². The van der Waals surface area contributed by atoms with Crippen molar-refractivity contribution < 1.29 is 18.1 Å². The van der Waals surface area contributed by atoms with Crippen LogP contribution >= 0.6 is 11.3 Å². The van der Waals surface area contributed by atoms with E-state index in [1.165, 1.54) is 10.9 Å². The van der Waals surface area contributed by atoms with Crippen LogP contribution in [-0.2, 0) is 17.8 Å². The summed E-state index contributed by atoms with van der Waals surface area (Å²) in [7, 11) is 0. The van der Waals surface area contributed by atoms with Gasteiger partial charge in [-0.15, -0.1) is 11.3 Å². The molecule has 0 N–H and O–H groups in total. The Bertz CT molecular complexity index is 1210. The molecule has 1 saturated heterocycles. The molecule has 170 valence electrons. The van der Waals surface area contributed by atoms with Gasteiger partial charge in [0.2, 0.25) is 17.6 Å². The molecule has 0 radical (unpaired) electrons. The number of aryl methyl sites for hydroxylation is 1. The van der Waals surface area contributed by atoms with Gasteiger partial charge in [0, 0.05) is 55.3 Å². The van der Waals surface area contributed by atoms with Crippen LogP contribution in [0.15, 0.2) is 63.7 Å². The molecule has 1 aliphatic rings. The summed E-state index contributed by atoms with van der Waals surface area (Å²) in [6.45, 7) is 3.87. The van der Waals surface area contributed by atoms with Gasteiger partial charge < -0.3 is 13.8 Å². The lowest BCUT2D eigenvalue weighted by Gasteiger charge is -2.34. The smallest absolute Gasteiger partial charge is 0.238 e. The van der Waals surface area contributed by atoms with E-state index in [0.29, 0.717) is 43.4 Å². The highest BCUT2D eigenvalue weighted by Crippen LogP contribution is 2.29. The molecule has 7 nitrogen and oxygen atoms in total. The van der Waals surface area contributed by atoms with Crippen LogP contribution in [0.5, 0.6) is 0 Å². The third kappa shape index (κ3) is 5.20. The van der Waals surface area contributed by atoms with Crippen LogP contribution in [0.2, 0.25) is 0 Å². The van der Waals surface area contributed by atoms with Crippen molar-refractivity contribution in [1.29, 1.82) is 0 Å². The van der Waals surface area contributed by atoms with Gasteiger partial charge in [-0.1, -0.05) is 17.3 Å². The van der Waals surface area contributed by atoms with Gasteiger partial charge >= 0.3 is 0 Å². The van der Waals surface area contributed by atoms with Crippen molar-refractivity contribution in [2.75, 3.05) is 26.2 Å². The maximum atomic E-state index is 13.5. The molecule has 0 spiro atoms. The van der Waals surface area contributed by atoms with Crippen LogP contribution in [0.25, 0.3) is 22.0 Å². The average Bonchev–Trinajstić information content (AvgIpc) is 3.60. The molecule has 1 aliphatic heterocycles. The summed E-state index contributed by atoms with van der Waals surface area (Å²) >= 11 is 1.68. The zero-order valence-electron chi connectivity index (χ0n) is 17.9. The van der Waals surface area contributed by atoms with Crippen molar-refractivity contribution in [1.82, 2.24) is 19.9 Å². The third-order valence-corrected chi connectivity index (χ3v) is 6.76. The molecule has 0 aliphatic carbocycles. The summed E-state index contributed by atoms with van der Waals surface area (Å²) in [4.78, 5) is 23.5. The Balaban J connectivity index is 1.08. The van der Waals surface area contributed by atoms with E-state index in [4.69, 9.17) is 8.94 Å². The highest BCUT2D eigenvalue weighted by Gasteiger charge is 2.22. The van der Waals surface area contributed by atoms with Gasteiger partial charge in [0.1, 0.15) is 5.82 Å². The van der Waals surface area contributed by atoms with Crippen LogP contribution in [0.4, 0.5) is 4.39 Å². The SMILES string of the molecule is O=C(CCc1nc(-c2ccco2)no1)N1CCN(Cc2ccc(-c3cccc(F)c3)s2)CC1. The second-order valence-electron chi connectivity index (χ2n) is 7.92. The third-order valence-electron chi connectivity index (χ3n) is 5.64. The lowest BCUT2D eigenvalue weighted by molar-refractivity contribution is -0.133. The maximum absolute atomic E-state index is 13.5. The molecular weight excluding hydrogens is 443 g/mol. The highest BCUT2D eigenvalue weighted by molar-refractivity contribution is 7.15. The quantitative estimate of drug-likeness (QED) is 0.400. The minimum atomic E-state index is -0.222. The normalized spacial score (nSPS) is 14.6. The first kappa shape index (κ1) is 21.5. The fourth-order valence-corrected chi connectivity index (χ4v) is 4.92. The lowest BCUT2D eigenvalue weighted by Crippen LogP contribution is -2.48. The topological polar surface area (TPSA) is 75.6 Å². The Morgan fingerprint density at radius 3 is 2.76 bits per heavy atom. The molecule has 1 amide bonds. The van der Waals surface area contributed by atoms with Crippen molar-refractivity contribution >= 4 is 17.2 Å². The molecule has 4 aromatic rings. The summed E-state index contributed by atoms with van der Waals surface area (Å²) in [5.74, 6) is 1.24. The zero-order chi connectivity index (χ0) is 22.6. The minimum Gasteiger partial charge on any atom is -0.461 e. The maximum Gasteiger partial charge on any atom is 0.238 e. The highest BCUT2D eigenvalue weighted by atomic mass is 32.1. The first-order valence-corrected chi connectivity index (χ1v) is 11.7. The standard InChI is InChI=1S/C24H23FN4O3S/c25-18-4-1-3-17(15-18)21-7-6-19(33-21)16-28-10-12-29(13-11-28)23(30)9-8-22-26-24(27-32-22)20-5-2-14-31-20/h1-7,14-15H,8-13,16H2. The van der Waals surface area contributed by atoms with E-state index in [1.54, 1.807) is 41.9 Å². The number of thiophene rings is 1. The van der Waals surface area contributed by atoms with E-state index < -0.39 is 0 Å². The van der Waals surface area contributed by atoms with E-state index in [9.17, 15) is 9.18 Å². The molecule has 0 atom stereocenters. The molecule has 0 bridgehead atoms. The predicted octanol–water partition coefficient (Wildman–Crippen LogP) is 4.47. The van der Waals surface area contributed by atoms with Gasteiger partial charge in [0.05, 0.1) is 6.26 Å². The fourth-order valence-electron chi connectivity index (χ4n) is 3.87. The molecule has 4 heterocycles. The van der Waals surface area contributed by atoms with E-state index in [1.807, 2.05) is 17.0 Å². The minimum absolute atomic E-state index is 0.0944. The molecule has 0 unspecified atom stereocenters. The molecule has 1 fully saturated rings.